The summed E-state index contributed by atoms with van der Waals surface area (Å²) in [7, 11) is -3.02. The molecule has 3 aromatic rings. The summed E-state index contributed by atoms with van der Waals surface area (Å²) in [4.78, 5) is 32.3. The summed E-state index contributed by atoms with van der Waals surface area (Å²) in [6.07, 6.45) is 2.25. The first-order valence-electron chi connectivity index (χ1n) is 11.7. The van der Waals surface area contributed by atoms with Crippen LogP contribution in [-0.2, 0) is 36.3 Å². The van der Waals surface area contributed by atoms with Crippen LogP contribution in [0.3, 0.4) is 0 Å². The van der Waals surface area contributed by atoms with E-state index in [1.165, 1.54) is 28.8 Å². The van der Waals surface area contributed by atoms with Crippen LogP contribution in [0.15, 0.2) is 58.2 Å². The smallest absolute Gasteiger partial charge is 0.324 e. The van der Waals surface area contributed by atoms with Gasteiger partial charge < -0.3 is 4.74 Å². The number of carbonyl (C=O) groups excluding carboxylic acids is 2. The fourth-order valence-electron chi connectivity index (χ4n) is 5.13. The van der Waals surface area contributed by atoms with Crippen LogP contribution in [0, 0.1) is 0 Å². The quantitative estimate of drug-likeness (QED) is 0.354. The molecule has 2 atom stereocenters. The molecule has 1 aromatic heterocycles. The topological polar surface area (TPSA) is 102 Å². The van der Waals surface area contributed by atoms with Gasteiger partial charge in [-0.3, -0.25) is 14.2 Å². The number of halogens is 3. The van der Waals surface area contributed by atoms with Crippen LogP contribution in [0.25, 0.3) is 0 Å². The van der Waals surface area contributed by atoms with Gasteiger partial charge in [0.15, 0.2) is 5.03 Å². The first-order valence-corrected chi connectivity index (χ1v) is 14.7. The fourth-order valence-corrected chi connectivity index (χ4v) is 7.75. The standard InChI is InChI=1S/C25H23BrCl2N4O5S/c1-25(13-15-5-7-16(26)8-6-15)23(34)31(19-11-17(27)10-18(28)12-19)24-29-14-21(32(24)25)38(35,36)30-9-3-4-20(30)22(33)37-2/h5-8,10-12,14,20H,3-4,9,13H2,1-2H3/t20-,25-/m1/s1. The van der Waals surface area contributed by atoms with Crippen molar-refractivity contribution in [1.29, 1.82) is 0 Å². The SMILES string of the molecule is COC(=O)[C@H]1CCCN1S(=O)(=O)c1cnc2n1[C@](C)(Cc1ccc(Br)cc1)C(=O)N2c1cc(Cl)cc(Cl)c1. The van der Waals surface area contributed by atoms with Crippen molar-refractivity contribution in [3.05, 3.63) is 68.7 Å². The number of rotatable bonds is 6. The lowest BCUT2D eigenvalue weighted by Gasteiger charge is -2.28. The van der Waals surface area contributed by atoms with E-state index in [-0.39, 0.29) is 23.9 Å². The largest absolute Gasteiger partial charge is 0.468 e. The van der Waals surface area contributed by atoms with Crippen molar-refractivity contribution < 1.29 is 22.7 Å². The summed E-state index contributed by atoms with van der Waals surface area (Å²) in [5.41, 5.74) is -0.208. The summed E-state index contributed by atoms with van der Waals surface area (Å²) >= 11 is 15.9. The summed E-state index contributed by atoms with van der Waals surface area (Å²) in [5, 5.41) is 0.434. The van der Waals surface area contributed by atoms with Gasteiger partial charge in [-0.25, -0.2) is 18.3 Å². The molecule has 1 amide bonds. The first-order chi connectivity index (χ1) is 18.0. The average molecular weight is 642 g/mol. The van der Waals surface area contributed by atoms with Gasteiger partial charge in [-0.15, -0.1) is 0 Å². The van der Waals surface area contributed by atoms with Crippen molar-refractivity contribution in [2.75, 3.05) is 18.6 Å². The molecular weight excluding hydrogens is 619 g/mol. The molecule has 3 heterocycles. The van der Waals surface area contributed by atoms with Crippen molar-refractivity contribution in [1.82, 2.24) is 13.9 Å². The molecule has 5 rings (SSSR count). The molecule has 0 spiro atoms. The Morgan fingerprint density at radius 2 is 1.84 bits per heavy atom. The van der Waals surface area contributed by atoms with E-state index in [1.54, 1.807) is 19.1 Å². The second-order valence-electron chi connectivity index (χ2n) is 9.37. The number of anilines is 2. The summed E-state index contributed by atoms with van der Waals surface area (Å²) in [6, 6.07) is 11.1. The Bertz CT molecular complexity index is 1530. The predicted octanol–water partition coefficient (Wildman–Crippen LogP) is 4.91. The van der Waals surface area contributed by atoms with Crippen LogP contribution >= 0.6 is 39.1 Å². The number of benzene rings is 2. The molecule has 0 bridgehead atoms. The van der Waals surface area contributed by atoms with Gasteiger partial charge in [0.1, 0.15) is 11.6 Å². The van der Waals surface area contributed by atoms with Gasteiger partial charge in [0.25, 0.3) is 15.9 Å². The van der Waals surface area contributed by atoms with Crippen LogP contribution in [0.1, 0.15) is 25.3 Å². The van der Waals surface area contributed by atoms with Gasteiger partial charge in [-0.2, -0.15) is 4.31 Å². The molecule has 9 nitrogen and oxygen atoms in total. The van der Waals surface area contributed by atoms with E-state index in [2.05, 4.69) is 20.9 Å². The molecule has 13 heteroatoms. The number of imidazole rings is 1. The zero-order valence-electron chi connectivity index (χ0n) is 20.4. The molecular formula is C25H23BrCl2N4O5S. The third kappa shape index (κ3) is 4.44. The zero-order valence-corrected chi connectivity index (χ0v) is 24.3. The van der Waals surface area contributed by atoms with Crippen molar-refractivity contribution in [2.24, 2.45) is 0 Å². The van der Waals surface area contributed by atoms with Gasteiger partial charge in [-0.05, 0) is 55.7 Å². The van der Waals surface area contributed by atoms with Crippen LogP contribution < -0.4 is 4.90 Å². The highest BCUT2D eigenvalue weighted by Gasteiger charge is 2.53. The molecule has 1 fully saturated rings. The minimum atomic E-state index is -4.25. The lowest BCUT2D eigenvalue weighted by molar-refractivity contribution is -0.144. The van der Waals surface area contributed by atoms with E-state index in [0.29, 0.717) is 28.6 Å². The maximum absolute atomic E-state index is 14.1. The van der Waals surface area contributed by atoms with Gasteiger partial charge in [-0.1, -0.05) is 51.3 Å². The highest BCUT2D eigenvalue weighted by molar-refractivity contribution is 9.10. The molecule has 2 aliphatic heterocycles. The maximum Gasteiger partial charge on any atom is 0.324 e. The van der Waals surface area contributed by atoms with E-state index in [1.807, 2.05) is 24.3 Å². The number of fused-ring (bicyclic) bond motifs is 1. The van der Waals surface area contributed by atoms with Crippen LogP contribution in [0.5, 0.6) is 0 Å². The average Bonchev–Trinajstić information content (AvgIpc) is 3.57. The number of hydrogen-bond acceptors (Lipinski definition) is 6. The Morgan fingerprint density at radius 3 is 2.47 bits per heavy atom. The summed E-state index contributed by atoms with van der Waals surface area (Å²) in [5.74, 6) is -0.916. The number of aromatic nitrogens is 2. The molecule has 0 saturated carbocycles. The molecule has 1 saturated heterocycles. The Labute approximate surface area is 238 Å². The van der Waals surface area contributed by atoms with E-state index in [4.69, 9.17) is 27.9 Å². The number of hydrogen-bond donors (Lipinski definition) is 0. The number of esters is 1. The lowest BCUT2D eigenvalue weighted by atomic mass is 9.92. The second-order valence-corrected chi connectivity index (χ2v) is 13.0. The van der Waals surface area contributed by atoms with E-state index in [9.17, 15) is 18.0 Å². The molecule has 0 unspecified atom stereocenters. The Balaban J connectivity index is 1.69. The van der Waals surface area contributed by atoms with Crippen molar-refractivity contribution in [2.45, 2.75) is 42.8 Å². The Kier molecular flexibility index (Phi) is 7.10. The number of carbonyl (C=O) groups is 2. The molecule has 0 aliphatic carbocycles. The lowest BCUT2D eigenvalue weighted by Crippen LogP contribution is -2.45. The van der Waals surface area contributed by atoms with Gasteiger partial charge in [0.05, 0.1) is 19.0 Å². The minimum Gasteiger partial charge on any atom is -0.468 e. The molecule has 0 N–H and O–H groups in total. The highest BCUT2D eigenvalue weighted by Crippen LogP contribution is 2.45. The van der Waals surface area contributed by atoms with E-state index >= 15 is 0 Å². The number of methoxy groups -OCH3 is 1. The van der Waals surface area contributed by atoms with Gasteiger partial charge in [0.2, 0.25) is 5.95 Å². The molecule has 0 radical (unpaired) electrons. The van der Waals surface area contributed by atoms with Crippen LogP contribution in [0.4, 0.5) is 11.6 Å². The number of ether oxygens (including phenoxy) is 1. The first kappa shape index (κ1) is 27.1. The zero-order chi connectivity index (χ0) is 27.4. The molecule has 38 heavy (non-hydrogen) atoms. The minimum absolute atomic E-state index is 0.111. The third-order valence-electron chi connectivity index (χ3n) is 6.89. The van der Waals surface area contributed by atoms with Crippen molar-refractivity contribution in [3.63, 3.8) is 0 Å². The van der Waals surface area contributed by atoms with Crippen LogP contribution in [0.2, 0.25) is 10.0 Å². The predicted molar refractivity (Wildman–Crippen MR) is 146 cm³/mol. The molecule has 2 aliphatic rings. The monoisotopic (exact) mass is 640 g/mol. The van der Waals surface area contributed by atoms with Crippen molar-refractivity contribution >= 4 is 72.7 Å². The fraction of sp³-hybridized carbons (Fsp3) is 0.320. The normalized spacial score (nSPS) is 21.7. The maximum atomic E-state index is 14.1. The second kappa shape index (κ2) is 9.95. The van der Waals surface area contributed by atoms with Crippen LogP contribution in [-0.4, -0.2) is 53.8 Å². The third-order valence-corrected chi connectivity index (χ3v) is 9.72. The highest BCUT2D eigenvalue weighted by atomic mass is 79.9. The number of amides is 1. The summed E-state index contributed by atoms with van der Waals surface area (Å²) < 4.78 is 36.3. The molecule has 2 aromatic carbocycles. The Morgan fingerprint density at radius 1 is 1.18 bits per heavy atom. The van der Waals surface area contributed by atoms with E-state index < -0.39 is 33.5 Å². The van der Waals surface area contributed by atoms with Crippen molar-refractivity contribution in [3.8, 4) is 0 Å². The number of sulfonamides is 1. The Hall–Kier alpha value is -2.44. The van der Waals surface area contributed by atoms with Gasteiger partial charge >= 0.3 is 5.97 Å². The summed E-state index contributed by atoms with van der Waals surface area (Å²) in [6.45, 7) is 1.82. The molecule has 200 valence electrons. The number of nitrogens with zero attached hydrogens (tertiary/aromatic N) is 4. The van der Waals surface area contributed by atoms with E-state index in [0.717, 1.165) is 14.3 Å². The van der Waals surface area contributed by atoms with Gasteiger partial charge in [0, 0.05) is 27.5 Å².